The molecule has 2 rings (SSSR count). The van der Waals surface area contributed by atoms with Crippen molar-refractivity contribution in [3.05, 3.63) is 42.2 Å². The Morgan fingerprint density at radius 2 is 2.05 bits per heavy atom. The zero-order valence-corrected chi connectivity index (χ0v) is 12.2. The number of nitrogens with one attached hydrogen (secondary N) is 1. The number of carbonyl (C=O) groups is 1. The van der Waals surface area contributed by atoms with Crippen LogP contribution in [0.15, 0.2) is 36.5 Å². The number of hydrogen-bond donors (Lipinski definition) is 2. The van der Waals surface area contributed by atoms with Gasteiger partial charge < -0.3 is 5.11 Å². The van der Waals surface area contributed by atoms with Crippen LogP contribution in [0.25, 0.3) is 5.69 Å². The van der Waals surface area contributed by atoms with Crippen molar-refractivity contribution < 1.29 is 9.90 Å². The summed E-state index contributed by atoms with van der Waals surface area (Å²) in [5.74, 6) is -0.516. The zero-order valence-electron chi connectivity index (χ0n) is 12.2. The zero-order chi connectivity index (χ0) is 15.2. The molecular formula is C15H20N4O2. The van der Waals surface area contributed by atoms with Crippen molar-refractivity contribution in [2.75, 3.05) is 0 Å². The lowest BCUT2D eigenvalue weighted by Crippen LogP contribution is -2.37. The van der Waals surface area contributed by atoms with Crippen molar-refractivity contribution in [1.29, 1.82) is 0 Å². The summed E-state index contributed by atoms with van der Waals surface area (Å²) in [7, 11) is 0. The second-order valence-electron chi connectivity index (χ2n) is 5.36. The van der Waals surface area contributed by atoms with Gasteiger partial charge in [0.25, 0.3) is 0 Å². The summed E-state index contributed by atoms with van der Waals surface area (Å²) in [6.45, 7) is 4.39. The minimum Gasteiger partial charge on any atom is -0.480 e. The van der Waals surface area contributed by atoms with Crippen LogP contribution in [0.3, 0.4) is 0 Å². The Hall–Kier alpha value is -2.21. The number of rotatable bonds is 7. The maximum absolute atomic E-state index is 11.2. The molecule has 2 N–H and O–H groups in total. The van der Waals surface area contributed by atoms with Gasteiger partial charge in [0.1, 0.15) is 6.04 Å². The van der Waals surface area contributed by atoms with E-state index in [1.807, 2.05) is 44.2 Å². The first-order valence-electron chi connectivity index (χ1n) is 6.99. The summed E-state index contributed by atoms with van der Waals surface area (Å²) in [6, 6.07) is 9.02. The largest absolute Gasteiger partial charge is 0.480 e. The van der Waals surface area contributed by atoms with Gasteiger partial charge in [0.15, 0.2) is 0 Å². The molecular weight excluding hydrogens is 268 g/mol. The van der Waals surface area contributed by atoms with Crippen LogP contribution >= 0.6 is 0 Å². The normalized spacial score (nSPS) is 12.5. The lowest BCUT2D eigenvalue weighted by Gasteiger charge is -2.15. The minimum absolute atomic E-state index is 0.318. The molecule has 0 radical (unpaired) electrons. The van der Waals surface area contributed by atoms with Gasteiger partial charge in [0.05, 0.1) is 17.6 Å². The second kappa shape index (κ2) is 6.99. The molecule has 0 spiro atoms. The topological polar surface area (TPSA) is 80.0 Å². The summed E-state index contributed by atoms with van der Waals surface area (Å²) in [6.07, 6.45) is 2.23. The Labute approximate surface area is 123 Å². The van der Waals surface area contributed by atoms with E-state index < -0.39 is 12.0 Å². The molecule has 0 amide bonds. The number of carboxylic acid groups (broad SMARTS) is 1. The summed E-state index contributed by atoms with van der Waals surface area (Å²) in [5.41, 5.74) is 1.59. The molecule has 0 bridgehead atoms. The van der Waals surface area contributed by atoms with E-state index in [9.17, 15) is 9.90 Å². The molecule has 112 valence electrons. The van der Waals surface area contributed by atoms with E-state index in [1.54, 1.807) is 6.20 Å². The third kappa shape index (κ3) is 4.39. The number of aromatic nitrogens is 3. The van der Waals surface area contributed by atoms with E-state index in [-0.39, 0.29) is 0 Å². The standard InChI is InChI=1S/C15H20N4O2/c1-11(2)8-14(15(20)21)16-9-12-10-17-19(18-12)13-6-4-3-5-7-13/h3-7,10-11,14,16H,8-9H2,1-2H3,(H,20,21). The van der Waals surface area contributed by atoms with Gasteiger partial charge in [-0.15, -0.1) is 0 Å². The molecule has 1 heterocycles. The average Bonchev–Trinajstić information content (AvgIpc) is 2.92. The maximum atomic E-state index is 11.2. The fraction of sp³-hybridized carbons (Fsp3) is 0.400. The van der Waals surface area contributed by atoms with Gasteiger partial charge in [-0.3, -0.25) is 10.1 Å². The number of nitrogens with zero attached hydrogens (tertiary/aromatic N) is 3. The third-order valence-electron chi connectivity index (χ3n) is 3.06. The summed E-state index contributed by atoms with van der Waals surface area (Å²) < 4.78 is 0. The molecule has 21 heavy (non-hydrogen) atoms. The van der Waals surface area contributed by atoms with Crippen molar-refractivity contribution in [2.24, 2.45) is 5.92 Å². The van der Waals surface area contributed by atoms with Gasteiger partial charge in [-0.25, -0.2) is 0 Å². The van der Waals surface area contributed by atoms with E-state index in [1.165, 1.54) is 4.80 Å². The van der Waals surface area contributed by atoms with E-state index in [4.69, 9.17) is 0 Å². The molecule has 1 aromatic heterocycles. The molecule has 1 unspecified atom stereocenters. The highest BCUT2D eigenvalue weighted by atomic mass is 16.4. The van der Waals surface area contributed by atoms with Crippen LogP contribution in [0.2, 0.25) is 0 Å². The molecule has 2 aromatic rings. The van der Waals surface area contributed by atoms with Crippen LogP contribution in [0, 0.1) is 5.92 Å². The summed E-state index contributed by atoms with van der Waals surface area (Å²) in [4.78, 5) is 12.7. The fourth-order valence-electron chi connectivity index (χ4n) is 2.03. The predicted octanol–water partition coefficient (Wildman–Crippen LogP) is 1.86. The monoisotopic (exact) mass is 288 g/mol. The minimum atomic E-state index is -0.834. The van der Waals surface area contributed by atoms with E-state index in [2.05, 4.69) is 15.5 Å². The fourth-order valence-corrected chi connectivity index (χ4v) is 2.03. The van der Waals surface area contributed by atoms with Crippen molar-refractivity contribution in [2.45, 2.75) is 32.9 Å². The molecule has 0 saturated carbocycles. The molecule has 6 heteroatoms. The lowest BCUT2D eigenvalue weighted by atomic mass is 10.0. The van der Waals surface area contributed by atoms with E-state index >= 15 is 0 Å². The molecule has 0 aliphatic rings. The molecule has 0 saturated heterocycles. The molecule has 1 atom stereocenters. The van der Waals surface area contributed by atoms with Crippen molar-refractivity contribution in [3.63, 3.8) is 0 Å². The molecule has 6 nitrogen and oxygen atoms in total. The van der Waals surface area contributed by atoms with Crippen molar-refractivity contribution >= 4 is 5.97 Å². The highest BCUT2D eigenvalue weighted by Gasteiger charge is 2.18. The molecule has 1 aromatic carbocycles. The molecule has 0 aliphatic heterocycles. The van der Waals surface area contributed by atoms with Crippen LogP contribution in [-0.2, 0) is 11.3 Å². The number of carboxylic acids is 1. The van der Waals surface area contributed by atoms with Gasteiger partial charge in [0.2, 0.25) is 0 Å². The number of benzene rings is 1. The Morgan fingerprint density at radius 1 is 1.33 bits per heavy atom. The first-order chi connectivity index (χ1) is 10.1. The summed E-state index contributed by atoms with van der Waals surface area (Å²) in [5, 5.41) is 20.7. The highest BCUT2D eigenvalue weighted by Crippen LogP contribution is 2.07. The maximum Gasteiger partial charge on any atom is 0.320 e. The smallest absolute Gasteiger partial charge is 0.320 e. The number of para-hydroxylation sites is 1. The van der Waals surface area contributed by atoms with Gasteiger partial charge >= 0.3 is 5.97 Å². The Morgan fingerprint density at radius 3 is 2.67 bits per heavy atom. The van der Waals surface area contributed by atoms with Crippen LogP contribution < -0.4 is 5.32 Å². The quantitative estimate of drug-likeness (QED) is 0.813. The molecule has 0 aliphatic carbocycles. The van der Waals surface area contributed by atoms with Crippen LogP contribution in [0.1, 0.15) is 26.0 Å². The Kier molecular flexibility index (Phi) is 5.05. The van der Waals surface area contributed by atoms with Gasteiger partial charge in [-0.05, 0) is 24.5 Å². The summed E-state index contributed by atoms with van der Waals surface area (Å²) >= 11 is 0. The number of hydrogen-bond acceptors (Lipinski definition) is 4. The SMILES string of the molecule is CC(C)CC(NCc1cnn(-c2ccccc2)n1)C(=O)O. The van der Waals surface area contributed by atoms with Gasteiger partial charge in [-0.1, -0.05) is 32.0 Å². The van der Waals surface area contributed by atoms with Crippen LogP contribution in [0.5, 0.6) is 0 Å². The van der Waals surface area contributed by atoms with Crippen LogP contribution in [-0.4, -0.2) is 32.1 Å². The lowest BCUT2D eigenvalue weighted by molar-refractivity contribution is -0.140. The van der Waals surface area contributed by atoms with Crippen molar-refractivity contribution in [1.82, 2.24) is 20.3 Å². The first kappa shape index (κ1) is 15.2. The second-order valence-corrected chi connectivity index (χ2v) is 5.36. The highest BCUT2D eigenvalue weighted by molar-refractivity contribution is 5.73. The number of aliphatic carboxylic acids is 1. The average molecular weight is 288 g/mol. The first-order valence-corrected chi connectivity index (χ1v) is 6.99. The molecule has 0 fully saturated rings. The van der Waals surface area contributed by atoms with E-state index in [0.29, 0.717) is 24.6 Å². The third-order valence-corrected chi connectivity index (χ3v) is 3.06. The van der Waals surface area contributed by atoms with Crippen molar-refractivity contribution in [3.8, 4) is 5.69 Å². The Bertz CT molecular complexity index is 580. The van der Waals surface area contributed by atoms with Gasteiger partial charge in [0, 0.05) is 6.54 Å². The van der Waals surface area contributed by atoms with Gasteiger partial charge in [-0.2, -0.15) is 15.0 Å². The van der Waals surface area contributed by atoms with E-state index in [0.717, 1.165) is 5.69 Å². The predicted molar refractivity (Wildman–Crippen MR) is 79.1 cm³/mol. The Balaban J connectivity index is 1.98. The van der Waals surface area contributed by atoms with Crippen LogP contribution in [0.4, 0.5) is 0 Å².